The lowest BCUT2D eigenvalue weighted by Gasteiger charge is -2.30. The first-order valence-corrected chi connectivity index (χ1v) is 5.85. The van der Waals surface area contributed by atoms with Gasteiger partial charge in [-0.05, 0) is 38.1 Å². The fourth-order valence-electron chi connectivity index (χ4n) is 2.25. The molecule has 14 heavy (non-hydrogen) atoms. The Bertz CT molecular complexity index is 160. The summed E-state index contributed by atoms with van der Waals surface area (Å²) in [4.78, 5) is 2.47. The number of nitrogens with zero attached hydrogens (tertiary/aromatic N) is 1. The van der Waals surface area contributed by atoms with Crippen LogP contribution in [0.15, 0.2) is 12.7 Å². The smallest absolute Gasteiger partial charge is 0.0160 e. The van der Waals surface area contributed by atoms with Gasteiger partial charge in [-0.1, -0.05) is 13.0 Å². The molecule has 0 atom stereocenters. The Morgan fingerprint density at radius 1 is 1.36 bits per heavy atom. The molecule has 0 unspecified atom stereocenters. The van der Waals surface area contributed by atoms with Crippen molar-refractivity contribution >= 4 is 0 Å². The van der Waals surface area contributed by atoms with Crippen molar-refractivity contribution in [3.05, 3.63) is 12.7 Å². The Morgan fingerprint density at radius 2 is 2.00 bits per heavy atom. The lowest BCUT2D eigenvalue weighted by atomic mass is 9.86. The highest BCUT2D eigenvalue weighted by Crippen LogP contribution is 2.23. The van der Waals surface area contributed by atoms with Crippen LogP contribution < -0.4 is 5.73 Å². The summed E-state index contributed by atoms with van der Waals surface area (Å²) in [5.74, 6) is 0.870. The zero-order valence-electron chi connectivity index (χ0n) is 9.41. The van der Waals surface area contributed by atoms with Gasteiger partial charge in [0.05, 0.1) is 0 Å². The Morgan fingerprint density at radius 3 is 2.50 bits per heavy atom. The molecule has 0 spiro atoms. The first-order chi connectivity index (χ1) is 6.76. The number of nitrogens with two attached hydrogens (primary N) is 1. The van der Waals surface area contributed by atoms with Gasteiger partial charge in [-0.2, -0.15) is 0 Å². The topological polar surface area (TPSA) is 29.3 Å². The van der Waals surface area contributed by atoms with Crippen molar-refractivity contribution in [3.8, 4) is 0 Å². The molecule has 0 saturated heterocycles. The first kappa shape index (κ1) is 11.7. The summed E-state index contributed by atoms with van der Waals surface area (Å²) >= 11 is 0. The summed E-state index contributed by atoms with van der Waals surface area (Å²) in [7, 11) is 0. The summed E-state index contributed by atoms with van der Waals surface area (Å²) in [5, 5.41) is 0. The van der Waals surface area contributed by atoms with Crippen LogP contribution in [0, 0.1) is 5.92 Å². The van der Waals surface area contributed by atoms with E-state index in [1.165, 1.54) is 32.2 Å². The summed E-state index contributed by atoms with van der Waals surface area (Å²) in [6, 6.07) is 0.473. The molecule has 0 bridgehead atoms. The predicted octanol–water partition coefficient (Wildman–Crippen LogP) is 2.01. The molecule has 2 N–H and O–H groups in total. The van der Waals surface area contributed by atoms with E-state index in [1.54, 1.807) is 0 Å². The van der Waals surface area contributed by atoms with Crippen LogP contribution in [-0.2, 0) is 0 Å². The lowest BCUT2D eigenvalue weighted by Crippen LogP contribution is -2.34. The van der Waals surface area contributed by atoms with E-state index in [1.807, 2.05) is 6.08 Å². The van der Waals surface area contributed by atoms with E-state index in [-0.39, 0.29) is 0 Å². The molecule has 0 aliphatic heterocycles. The maximum Gasteiger partial charge on any atom is 0.0160 e. The molecule has 0 aromatic rings. The highest BCUT2D eigenvalue weighted by molar-refractivity contribution is 4.79. The number of hydrogen-bond acceptors (Lipinski definition) is 2. The predicted molar refractivity (Wildman–Crippen MR) is 62.2 cm³/mol. The number of rotatable bonds is 5. The summed E-state index contributed by atoms with van der Waals surface area (Å²) in [6.07, 6.45) is 7.06. The van der Waals surface area contributed by atoms with Crippen molar-refractivity contribution in [1.29, 1.82) is 0 Å². The molecule has 0 aromatic heterocycles. The van der Waals surface area contributed by atoms with E-state index in [9.17, 15) is 0 Å². The molecule has 1 aliphatic rings. The van der Waals surface area contributed by atoms with Crippen LogP contribution in [0.2, 0.25) is 0 Å². The van der Waals surface area contributed by atoms with Gasteiger partial charge in [0.25, 0.3) is 0 Å². The molecule has 0 amide bonds. The molecule has 0 radical (unpaired) electrons. The van der Waals surface area contributed by atoms with Crippen LogP contribution >= 0.6 is 0 Å². The monoisotopic (exact) mass is 196 g/mol. The minimum atomic E-state index is 0.473. The first-order valence-electron chi connectivity index (χ1n) is 5.85. The highest BCUT2D eigenvalue weighted by atomic mass is 15.1. The molecule has 2 nitrogen and oxygen atoms in total. The number of hydrogen-bond donors (Lipinski definition) is 1. The second-order valence-corrected chi connectivity index (χ2v) is 4.42. The van der Waals surface area contributed by atoms with Gasteiger partial charge in [0.15, 0.2) is 0 Å². The molecule has 1 rings (SSSR count). The van der Waals surface area contributed by atoms with Crippen LogP contribution in [0.1, 0.15) is 32.6 Å². The third-order valence-electron chi connectivity index (χ3n) is 3.24. The SMILES string of the molecule is C=CCN(CC)CC1CCC(N)CC1. The summed E-state index contributed by atoms with van der Waals surface area (Å²) in [6.45, 7) is 9.40. The van der Waals surface area contributed by atoms with Crippen LogP contribution in [0.25, 0.3) is 0 Å². The molecule has 82 valence electrons. The van der Waals surface area contributed by atoms with Crippen molar-refractivity contribution in [2.24, 2.45) is 11.7 Å². The van der Waals surface area contributed by atoms with Crippen LogP contribution in [0.4, 0.5) is 0 Å². The van der Waals surface area contributed by atoms with Gasteiger partial charge in [0.2, 0.25) is 0 Å². The van der Waals surface area contributed by atoms with Crippen molar-refractivity contribution in [1.82, 2.24) is 4.90 Å². The summed E-state index contributed by atoms with van der Waals surface area (Å²) in [5.41, 5.74) is 5.89. The zero-order chi connectivity index (χ0) is 10.4. The molecular formula is C12H24N2. The van der Waals surface area contributed by atoms with Crippen LogP contribution in [0.5, 0.6) is 0 Å². The van der Waals surface area contributed by atoms with Gasteiger partial charge in [-0.15, -0.1) is 6.58 Å². The molecular weight excluding hydrogens is 172 g/mol. The van der Waals surface area contributed by atoms with E-state index >= 15 is 0 Å². The normalized spacial score (nSPS) is 27.9. The maximum atomic E-state index is 5.89. The highest BCUT2D eigenvalue weighted by Gasteiger charge is 2.19. The lowest BCUT2D eigenvalue weighted by molar-refractivity contribution is 0.216. The Hall–Kier alpha value is -0.340. The maximum absolute atomic E-state index is 5.89. The Labute approximate surface area is 88.2 Å². The average molecular weight is 196 g/mol. The second-order valence-electron chi connectivity index (χ2n) is 4.42. The minimum Gasteiger partial charge on any atom is -0.328 e. The Kier molecular flexibility index (Phi) is 5.20. The Balaban J connectivity index is 2.24. The van der Waals surface area contributed by atoms with E-state index in [2.05, 4.69) is 18.4 Å². The molecule has 1 aliphatic carbocycles. The van der Waals surface area contributed by atoms with Crippen molar-refractivity contribution < 1.29 is 0 Å². The van der Waals surface area contributed by atoms with Gasteiger partial charge in [-0.3, -0.25) is 4.90 Å². The quantitative estimate of drug-likeness (QED) is 0.682. The van der Waals surface area contributed by atoms with E-state index in [0.29, 0.717) is 6.04 Å². The molecule has 2 heteroatoms. The largest absolute Gasteiger partial charge is 0.328 e. The van der Waals surface area contributed by atoms with E-state index in [4.69, 9.17) is 5.73 Å². The fraction of sp³-hybridized carbons (Fsp3) is 0.833. The van der Waals surface area contributed by atoms with E-state index < -0.39 is 0 Å². The third-order valence-corrected chi connectivity index (χ3v) is 3.24. The van der Waals surface area contributed by atoms with Crippen LogP contribution in [-0.4, -0.2) is 30.6 Å². The van der Waals surface area contributed by atoms with Gasteiger partial charge < -0.3 is 5.73 Å². The molecule has 0 heterocycles. The van der Waals surface area contributed by atoms with Crippen molar-refractivity contribution in [3.63, 3.8) is 0 Å². The van der Waals surface area contributed by atoms with Gasteiger partial charge in [0, 0.05) is 19.1 Å². The van der Waals surface area contributed by atoms with Crippen molar-refractivity contribution in [2.45, 2.75) is 38.6 Å². The summed E-state index contributed by atoms with van der Waals surface area (Å²) < 4.78 is 0. The molecule has 1 saturated carbocycles. The third kappa shape index (κ3) is 3.81. The van der Waals surface area contributed by atoms with Crippen LogP contribution in [0.3, 0.4) is 0 Å². The molecule has 0 aromatic carbocycles. The fourth-order valence-corrected chi connectivity index (χ4v) is 2.25. The van der Waals surface area contributed by atoms with Gasteiger partial charge in [0.1, 0.15) is 0 Å². The standard InChI is InChI=1S/C12H24N2/c1-3-9-14(4-2)10-11-5-7-12(13)8-6-11/h3,11-12H,1,4-10,13H2,2H3. The zero-order valence-corrected chi connectivity index (χ0v) is 9.41. The number of likely N-dealkylation sites (N-methyl/N-ethyl adjacent to an activating group) is 1. The van der Waals surface area contributed by atoms with Crippen molar-refractivity contribution in [2.75, 3.05) is 19.6 Å². The second kappa shape index (κ2) is 6.20. The van der Waals surface area contributed by atoms with Gasteiger partial charge >= 0.3 is 0 Å². The average Bonchev–Trinajstić information content (AvgIpc) is 2.20. The molecule has 1 fully saturated rings. The minimum absolute atomic E-state index is 0.473. The van der Waals surface area contributed by atoms with E-state index in [0.717, 1.165) is 19.0 Å². The van der Waals surface area contributed by atoms with Gasteiger partial charge in [-0.25, -0.2) is 0 Å².